The van der Waals surface area contributed by atoms with Crippen molar-refractivity contribution >= 4 is 41.2 Å². The van der Waals surface area contributed by atoms with Crippen LogP contribution in [0.2, 0.25) is 5.02 Å². The third-order valence-corrected chi connectivity index (χ3v) is 6.61. The number of urea groups is 1. The van der Waals surface area contributed by atoms with Gasteiger partial charge in [0.15, 0.2) is 0 Å². The van der Waals surface area contributed by atoms with Gasteiger partial charge in [0.2, 0.25) is 0 Å². The van der Waals surface area contributed by atoms with Crippen LogP contribution in [0.5, 0.6) is 11.5 Å². The number of rotatable bonds is 9. The Morgan fingerprint density at radius 1 is 1.08 bits per heavy atom. The second-order valence-corrected chi connectivity index (χ2v) is 9.04. The number of nitrogens with zero attached hydrogens (tertiary/aromatic N) is 2. The van der Waals surface area contributed by atoms with Gasteiger partial charge in [-0.2, -0.15) is 0 Å². The highest BCUT2D eigenvalue weighted by molar-refractivity contribution is 6.39. The number of amides is 4. The number of benzene rings is 2. The molecule has 4 rings (SSSR count). The van der Waals surface area contributed by atoms with E-state index < -0.39 is 17.8 Å². The molecule has 0 bridgehead atoms. The normalized spacial score (nSPS) is 15.6. The lowest BCUT2D eigenvalue weighted by molar-refractivity contribution is -0.122. The molecule has 0 saturated carbocycles. The molecule has 2 aromatic carbocycles. The molecule has 0 radical (unpaired) electrons. The molecule has 8 nitrogen and oxygen atoms in total. The van der Waals surface area contributed by atoms with E-state index in [1.165, 1.54) is 30.9 Å². The molecule has 4 amide bonds. The summed E-state index contributed by atoms with van der Waals surface area (Å²) < 4.78 is 12.9. The first kappa shape index (κ1) is 26.0. The van der Waals surface area contributed by atoms with Crippen molar-refractivity contribution in [3.05, 3.63) is 82.6 Å². The van der Waals surface area contributed by atoms with Crippen molar-refractivity contribution in [3.8, 4) is 11.5 Å². The van der Waals surface area contributed by atoms with Crippen LogP contribution < -0.4 is 19.7 Å². The smallest absolute Gasteiger partial charge is 0.335 e. The molecule has 1 aromatic heterocycles. The van der Waals surface area contributed by atoms with Gasteiger partial charge in [-0.1, -0.05) is 37.6 Å². The highest BCUT2D eigenvalue weighted by Crippen LogP contribution is 2.31. The van der Waals surface area contributed by atoms with E-state index in [0.717, 1.165) is 17.1 Å². The Kier molecular flexibility index (Phi) is 7.98. The molecule has 1 aliphatic rings. The second kappa shape index (κ2) is 11.3. The van der Waals surface area contributed by atoms with Crippen molar-refractivity contribution in [3.63, 3.8) is 0 Å². The zero-order valence-corrected chi connectivity index (χ0v) is 21.6. The zero-order chi connectivity index (χ0) is 26.5. The van der Waals surface area contributed by atoms with E-state index in [1.54, 1.807) is 12.1 Å². The van der Waals surface area contributed by atoms with E-state index in [0.29, 0.717) is 30.5 Å². The molecule has 1 saturated heterocycles. The van der Waals surface area contributed by atoms with E-state index in [-0.39, 0.29) is 16.3 Å². The maximum absolute atomic E-state index is 13.2. The quantitative estimate of drug-likeness (QED) is 0.300. The summed E-state index contributed by atoms with van der Waals surface area (Å²) in [5.74, 6) is 0.149. The number of nitrogens with one attached hydrogen (secondary N) is 1. The molecule has 1 aliphatic heterocycles. The van der Waals surface area contributed by atoms with Crippen LogP contribution >= 0.6 is 11.6 Å². The molecule has 1 atom stereocenters. The second-order valence-electron chi connectivity index (χ2n) is 8.63. The minimum atomic E-state index is -0.850. The van der Waals surface area contributed by atoms with E-state index in [2.05, 4.69) is 31.3 Å². The Labute approximate surface area is 220 Å². The highest BCUT2D eigenvalue weighted by Gasteiger charge is 2.37. The molecular weight excluding hydrogens is 494 g/mol. The van der Waals surface area contributed by atoms with Crippen molar-refractivity contribution in [2.75, 3.05) is 18.6 Å². The summed E-state index contributed by atoms with van der Waals surface area (Å²) in [6, 6.07) is 15.3. The minimum absolute atomic E-state index is 0.173. The minimum Gasteiger partial charge on any atom is -0.495 e. The summed E-state index contributed by atoms with van der Waals surface area (Å²) in [7, 11) is 1.46. The molecule has 2 heterocycles. The fourth-order valence-electron chi connectivity index (χ4n) is 3.99. The molecule has 3 aromatic rings. The van der Waals surface area contributed by atoms with Crippen LogP contribution in [0.4, 0.5) is 10.5 Å². The molecule has 1 fully saturated rings. The van der Waals surface area contributed by atoms with E-state index in [4.69, 9.17) is 21.1 Å². The van der Waals surface area contributed by atoms with Crippen LogP contribution in [0.1, 0.15) is 37.4 Å². The largest absolute Gasteiger partial charge is 0.495 e. The van der Waals surface area contributed by atoms with Crippen LogP contribution in [0.25, 0.3) is 6.08 Å². The average molecular weight is 522 g/mol. The first-order valence-electron chi connectivity index (χ1n) is 11.9. The Balaban J connectivity index is 1.48. The predicted molar refractivity (Wildman–Crippen MR) is 142 cm³/mol. The topological polar surface area (TPSA) is 89.9 Å². The van der Waals surface area contributed by atoms with Gasteiger partial charge in [0, 0.05) is 11.9 Å². The molecule has 192 valence electrons. The number of hydrogen-bond donors (Lipinski definition) is 1. The van der Waals surface area contributed by atoms with E-state index in [1.807, 2.05) is 29.0 Å². The van der Waals surface area contributed by atoms with Crippen molar-refractivity contribution in [2.24, 2.45) is 0 Å². The summed E-state index contributed by atoms with van der Waals surface area (Å²) in [5, 5.41) is 2.45. The number of aromatic nitrogens is 1. The SMILES string of the molecule is CC[C@H](C)c1ccc(OCCn2cccc2/C=C2\C(=O)NC(=O)N(c3ccc(OC)c(Cl)c3)C2=O)cc1. The lowest BCUT2D eigenvalue weighted by Gasteiger charge is -2.26. The Morgan fingerprint density at radius 3 is 2.51 bits per heavy atom. The summed E-state index contributed by atoms with van der Waals surface area (Å²) >= 11 is 6.17. The van der Waals surface area contributed by atoms with Crippen LogP contribution in [0.3, 0.4) is 0 Å². The van der Waals surface area contributed by atoms with Gasteiger partial charge in [-0.25, -0.2) is 9.69 Å². The maximum Gasteiger partial charge on any atom is 0.335 e. The molecule has 0 spiro atoms. The lowest BCUT2D eigenvalue weighted by Crippen LogP contribution is -2.54. The van der Waals surface area contributed by atoms with Gasteiger partial charge in [0.05, 0.1) is 24.4 Å². The summed E-state index contributed by atoms with van der Waals surface area (Å²) in [6.07, 6.45) is 4.37. The summed E-state index contributed by atoms with van der Waals surface area (Å²) in [5.41, 5.74) is 1.94. The summed E-state index contributed by atoms with van der Waals surface area (Å²) in [6.45, 7) is 5.23. The molecule has 0 aliphatic carbocycles. The Bertz CT molecular complexity index is 1350. The standard InChI is InChI=1S/C28H28ClN3O5/c1-4-18(2)19-7-10-22(11-8-19)37-15-14-31-13-5-6-20(31)16-23-26(33)30-28(35)32(27(23)34)21-9-12-25(36-3)24(29)17-21/h5-13,16-18H,4,14-15H2,1-3H3,(H,30,33,35)/b23-16+/t18-/m0/s1. The fourth-order valence-corrected chi connectivity index (χ4v) is 4.24. The molecule has 9 heteroatoms. The Hall–Kier alpha value is -4.04. The highest BCUT2D eigenvalue weighted by atomic mass is 35.5. The van der Waals surface area contributed by atoms with Crippen molar-refractivity contribution in [1.29, 1.82) is 0 Å². The van der Waals surface area contributed by atoms with Crippen LogP contribution in [-0.4, -0.2) is 36.1 Å². The number of barbiturate groups is 1. The van der Waals surface area contributed by atoms with Crippen LogP contribution in [0.15, 0.2) is 66.4 Å². The Morgan fingerprint density at radius 2 is 1.84 bits per heavy atom. The lowest BCUT2D eigenvalue weighted by atomic mass is 9.99. The average Bonchev–Trinajstić information content (AvgIpc) is 3.33. The first-order chi connectivity index (χ1) is 17.8. The molecule has 37 heavy (non-hydrogen) atoms. The number of imide groups is 2. The number of carbonyl (C=O) groups excluding carboxylic acids is 3. The predicted octanol–water partition coefficient (Wildman–Crippen LogP) is 5.41. The number of carbonyl (C=O) groups is 3. The van der Waals surface area contributed by atoms with Gasteiger partial charge in [-0.05, 0) is 66.4 Å². The zero-order valence-electron chi connectivity index (χ0n) is 20.9. The van der Waals surface area contributed by atoms with Gasteiger partial charge in [-0.3, -0.25) is 14.9 Å². The maximum atomic E-state index is 13.2. The third kappa shape index (κ3) is 5.70. The van der Waals surface area contributed by atoms with Gasteiger partial charge in [0.25, 0.3) is 11.8 Å². The first-order valence-corrected chi connectivity index (χ1v) is 12.3. The van der Waals surface area contributed by atoms with Gasteiger partial charge < -0.3 is 14.0 Å². The van der Waals surface area contributed by atoms with Gasteiger partial charge in [-0.15, -0.1) is 0 Å². The van der Waals surface area contributed by atoms with Crippen LogP contribution in [-0.2, 0) is 16.1 Å². The number of halogens is 1. The fraction of sp³-hybridized carbons (Fsp3) is 0.250. The van der Waals surface area contributed by atoms with Crippen molar-refractivity contribution in [1.82, 2.24) is 9.88 Å². The number of methoxy groups -OCH3 is 1. The molecule has 0 unspecified atom stereocenters. The number of hydrogen-bond acceptors (Lipinski definition) is 5. The van der Waals surface area contributed by atoms with E-state index >= 15 is 0 Å². The summed E-state index contributed by atoms with van der Waals surface area (Å²) in [4.78, 5) is 39.1. The number of anilines is 1. The monoisotopic (exact) mass is 521 g/mol. The van der Waals surface area contributed by atoms with Gasteiger partial charge >= 0.3 is 6.03 Å². The van der Waals surface area contributed by atoms with Crippen molar-refractivity contribution < 1.29 is 23.9 Å². The van der Waals surface area contributed by atoms with Crippen LogP contribution in [0, 0.1) is 0 Å². The van der Waals surface area contributed by atoms with Crippen molar-refractivity contribution in [2.45, 2.75) is 32.7 Å². The number of ether oxygens (including phenoxy) is 2. The molecule has 1 N–H and O–H groups in total. The molecular formula is C28H28ClN3O5. The van der Waals surface area contributed by atoms with Gasteiger partial charge in [0.1, 0.15) is 23.7 Å². The third-order valence-electron chi connectivity index (χ3n) is 6.31. The van der Waals surface area contributed by atoms with E-state index in [9.17, 15) is 14.4 Å².